The molecule has 3 nitrogen and oxygen atoms in total. The highest BCUT2D eigenvalue weighted by Crippen LogP contribution is 2.21. The van der Waals surface area contributed by atoms with Crippen molar-refractivity contribution < 1.29 is 9.18 Å². The van der Waals surface area contributed by atoms with Gasteiger partial charge in [-0.25, -0.2) is 4.39 Å². The molecule has 1 aromatic carbocycles. The number of halogens is 2. The van der Waals surface area contributed by atoms with E-state index < -0.39 is 0 Å². The number of nitrogens with zero attached hydrogens (tertiary/aromatic N) is 1. The Morgan fingerprint density at radius 1 is 1.30 bits per heavy atom. The molecule has 0 aromatic heterocycles. The van der Waals surface area contributed by atoms with E-state index in [4.69, 9.17) is 0 Å². The fourth-order valence-electron chi connectivity index (χ4n) is 3.10. The maximum Gasteiger partial charge on any atom is 0.227 e. The quantitative estimate of drug-likeness (QED) is 0.907. The standard InChI is InChI=1S/C15H19FN2O.ClH/c16-12-3-1-2-11(8-12)9-15(19)18-7-6-13-4-5-14(10-18)17-13;/h1-3,8,13-14,17H,4-7,9-10H2;1H. The molecule has 2 aliphatic rings. The summed E-state index contributed by atoms with van der Waals surface area (Å²) in [6.45, 7) is 1.62. The molecule has 2 heterocycles. The minimum absolute atomic E-state index is 0. The van der Waals surface area contributed by atoms with Gasteiger partial charge in [0.25, 0.3) is 0 Å². The zero-order chi connectivity index (χ0) is 13.2. The smallest absolute Gasteiger partial charge is 0.227 e. The fourth-order valence-corrected chi connectivity index (χ4v) is 3.10. The van der Waals surface area contributed by atoms with Crippen molar-refractivity contribution in [1.29, 1.82) is 0 Å². The molecule has 3 rings (SSSR count). The molecule has 110 valence electrons. The second-order valence-electron chi connectivity index (χ2n) is 5.57. The molecule has 2 aliphatic heterocycles. The van der Waals surface area contributed by atoms with Crippen molar-refractivity contribution in [2.75, 3.05) is 13.1 Å². The normalized spacial score (nSPS) is 24.9. The topological polar surface area (TPSA) is 32.3 Å². The number of hydrogen-bond acceptors (Lipinski definition) is 2. The van der Waals surface area contributed by atoms with Crippen molar-refractivity contribution in [2.45, 2.75) is 37.8 Å². The molecule has 2 saturated heterocycles. The van der Waals surface area contributed by atoms with Crippen molar-refractivity contribution in [3.8, 4) is 0 Å². The van der Waals surface area contributed by atoms with Gasteiger partial charge in [0, 0.05) is 25.2 Å². The predicted molar refractivity (Wildman–Crippen MR) is 78.5 cm³/mol. The van der Waals surface area contributed by atoms with Gasteiger partial charge in [-0.3, -0.25) is 4.79 Å². The van der Waals surface area contributed by atoms with E-state index in [0.29, 0.717) is 18.5 Å². The van der Waals surface area contributed by atoms with Crippen LogP contribution in [-0.2, 0) is 11.2 Å². The Bertz CT molecular complexity index is 483. The number of rotatable bonds is 2. The third-order valence-corrected chi connectivity index (χ3v) is 4.12. The largest absolute Gasteiger partial charge is 0.341 e. The molecule has 2 fully saturated rings. The lowest BCUT2D eigenvalue weighted by Crippen LogP contribution is -2.39. The van der Waals surface area contributed by atoms with Crippen LogP contribution in [0.1, 0.15) is 24.8 Å². The summed E-state index contributed by atoms with van der Waals surface area (Å²) >= 11 is 0. The Morgan fingerprint density at radius 3 is 2.90 bits per heavy atom. The van der Waals surface area contributed by atoms with Gasteiger partial charge in [0.15, 0.2) is 0 Å². The highest BCUT2D eigenvalue weighted by atomic mass is 35.5. The highest BCUT2D eigenvalue weighted by molar-refractivity contribution is 5.85. The zero-order valence-electron chi connectivity index (χ0n) is 11.3. The average Bonchev–Trinajstić information content (AvgIpc) is 2.68. The Kier molecular flexibility index (Phi) is 5.00. The van der Waals surface area contributed by atoms with Gasteiger partial charge in [0.05, 0.1) is 6.42 Å². The Morgan fingerprint density at radius 2 is 2.10 bits per heavy atom. The molecule has 0 spiro atoms. The monoisotopic (exact) mass is 298 g/mol. The minimum atomic E-state index is -0.276. The summed E-state index contributed by atoms with van der Waals surface area (Å²) in [5.74, 6) is -0.165. The van der Waals surface area contributed by atoms with E-state index in [-0.39, 0.29) is 24.1 Å². The van der Waals surface area contributed by atoms with E-state index >= 15 is 0 Å². The van der Waals surface area contributed by atoms with Crippen molar-refractivity contribution in [3.05, 3.63) is 35.6 Å². The van der Waals surface area contributed by atoms with Crippen molar-refractivity contribution in [2.24, 2.45) is 0 Å². The number of carbonyl (C=O) groups is 1. The third kappa shape index (κ3) is 3.49. The maximum absolute atomic E-state index is 13.1. The first-order valence-corrected chi connectivity index (χ1v) is 6.99. The van der Waals surface area contributed by atoms with Crippen LogP contribution >= 0.6 is 12.4 Å². The first-order valence-electron chi connectivity index (χ1n) is 6.99. The number of amides is 1. The number of nitrogens with one attached hydrogen (secondary N) is 1. The van der Waals surface area contributed by atoms with Gasteiger partial charge in [-0.1, -0.05) is 12.1 Å². The van der Waals surface area contributed by atoms with Gasteiger partial charge in [0.1, 0.15) is 5.82 Å². The van der Waals surface area contributed by atoms with Crippen LogP contribution in [-0.4, -0.2) is 36.0 Å². The number of likely N-dealkylation sites (tertiary alicyclic amines) is 1. The van der Waals surface area contributed by atoms with Crippen molar-refractivity contribution >= 4 is 18.3 Å². The fraction of sp³-hybridized carbons (Fsp3) is 0.533. The van der Waals surface area contributed by atoms with Crippen molar-refractivity contribution in [1.82, 2.24) is 10.2 Å². The summed E-state index contributed by atoms with van der Waals surface area (Å²) in [6, 6.07) is 7.34. The summed E-state index contributed by atoms with van der Waals surface area (Å²) in [7, 11) is 0. The molecule has 0 radical (unpaired) electrons. The summed E-state index contributed by atoms with van der Waals surface area (Å²) in [5, 5.41) is 3.56. The Labute approximate surface area is 124 Å². The van der Waals surface area contributed by atoms with E-state index in [0.717, 1.165) is 31.5 Å². The molecule has 2 unspecified atom stereocenters. The second-order valence-corrected chi connectivity index (χ2v) is 5.57. The molecule has 1 amide bonds. The average molecular weight is 299 g/mol. The van der Waals surface area contributed by atoms with Crippen LogP contribution in [0.4, 0.5) is 4.39 Å². The number of fused-ring (bicyclic) bond motifs is 2. The molecular formula is C15H20ClFN2O. The lowest BCUT2D eigenvalue weighted by Gasteiger charge is -2.24. The molecule has 2 bridgehead atoms. The van der Waals surface area contributed by atoms with Crippen LogP contribution in [0, 0.1) is 5.82 Å². The van der Waals surface area contributed by atoms with Gasteiger partial charge in [0.2, 0.25) is 5.91 Å². The van der Waals surface area contributed by atoms with Crippen molar-refractivity contribution in [3.63, 3.8) is 0 Å². The van der Waals surface area contributed by atoms with E-state index in [9.17, 15) is 9.18 Å². The van der Waals surface area contributed by atoms with E-state index in [2.05, 4.69) is 5.32 Å². The van der Waals surface area contributed by atoms with Gasteiger partial charge in [-0.15, -0.1) is 12.4 Å². The summed E-state index contributed by atoms with van der Waals surface area (Å²) in [4.78, 5) is 14.2. The van der Waals surface area contributed by atoms with Crippen LogP contribution in [0.5, 0.6) is 0 Å². The predicted octanol–water partition coefficient (Wildman–Crippen LogP) is 2.14. The number of benzene rings is 1. The first-order chi connectivity index (χ1) is 9.20. The van der Waals surface area contributed by atoms with Crippen LogP contribution < -0.4 is 5.32 Å². The SMILES string of the molecule is Cl.O=C(Cc1cccc(F)c1)N1CCC2CCC(C1)N2. The molecule has 2 atom stereocenters. The Balaban J connectivity index is 0.00000147. The minimum Gasteiger partial charge on any atom is -0.341 e. The van der Waals surface area contributed by atoms with Gasteiger partial charge >= 0.3 is 0 Å². The molecule has 0 saturated carbocycles. The van der Waals surface area contributed by atoms with E-state index in [1.807, 2.05) is 11.0 Å². The van der Waals surface area contributed by atoms with Gasteiger partial charge < -0.3 is 10.2 Å². The maximum atomic E-state index is 13.1. The molecule has 0 aliphatic carbocycles. The van der Waals surface area contributed by atoms with Crippen LogP contribution in [0.25, 0.3) is 0 Å². The number of carbonyl (C=O) groups excluding carboxylic acids is 1. The highest BCUT2D eigenvalue weighted by Gasteiger charge is 2.30. The van der Waals surface area contributed by atoms with E-state index in [1.165, 1.54) is 18.6 Å². The summed E-state index contributed by atoms with van der Waals surface area (Å²) < 4.78 is 13.1. The lowest BCUT2D eigenvalue weighted by atomic mass is 10.1. The Hall–Kier alpha value is -1.13. The molecule has 20 heavy (non-hydrogen) atoms. The van der Waals surface area contributed by atoms with Crippen LogP contribution in [0.3, 0.4) is 0 Å². The zero-order valence-corrected chi connectivity index (χ0v) is 12.2. The summed E-state index contributed by atoms with van der Waals surface area (Å²) in [5.41, 5.74) is 0.757. The summed E-state index contributed by atoms with van der Waals surface area (Å²) in [6.07, 6.45) is 3.73. The van der Waals surface area contributed by atoms with E-state index in [1.54, 1.807) is 6.07 Å². The second kappa shape index (κ2) is 6.55. The van der Waals surface area contributed by atoms with Crippen LogP contribution in [0.2, 0.25) is 0 Å². The molecule has 1 aromatic rings. The van der Waals surface area contributed by atoms with Gasteiger partial charge in [-0.2, -0.15) is 0 Å². The third-order valence-electron chi connectivity index (χ3n) is 4.12. The first kappa shape index (κ1) is 15.3. The lowest BCUT2D eigenvalue weighted by molar-refractivity contribution is -0.130. The molecule has 1 N–H and O–H groups in total. The number of hydrogen-bond donors (Lipinski definition) is 1. The molecule has 5 heteroatoms. The van der Waals surface area contributed by atoms with Crippen LogP contribution in [0.15, 0.2) is 24.3 Å². The van der Waals surface area contributed by atoms with Gasteiger partial charge in [-0.05, 0) is 37.0 Å². The molecular weight excluding hydrogens is 279 g/mol.